The summed E-state index contributed by atoms with van der Waals surface area (Å²) in [6.45, 7) is 4.41. The van der Waals surface area contributed by atoms with Gasteiger partial charge < -0.3 is 5.11 Å². The molecule has 0 aliphatic heterocycles. The average molecular weight is 209 g/mol. The largest absolute Gasteiger partial charge is 0.391 e. The molecule has 15 heavy (non-hydrogen) atoms. The predicted molar refractivity (Wildman–Crippen MR) is 57.5 cm³/mol. The molecule has 0 spiro atoms. The third-order valence-corrected chi connectivity index (χ3v) is 3.27. The Labute approximate surface area is 90.3 Å². The molecule has 1 aromatic rings. The zero-order chi connectivity index (χ0) is 10.8. The van der Waals surface area contributed by atoms with Gasteiger partial charge in [-0.2, -0.15) is 5.10 Å². The van der Waals surface area contributed by atoms with Gasteiger partial charge in [0.05, 0.1) is 12.6 Å². The number of aliphatic hydroxyl groups is 1. The maximum absolute atomic E-state index is 10.0. The van der Waals surface area contributed by atoms with Crippen LogP contribution in [0.15, 0.2) is 0 Å². The molecular formula is C11H19N3O. The van der Waals surface area contributed by atoms with E-state index in [1.54, 1.807) is 0 Å². The van der Waals surface area contributed by atoms with E-state index >= 15 is 0 Å². The lowest BCUT2D eigenvalue weighted by atomic mass is 10.0. The monoisotopic (exact) mass is 209 g/mol. The van der Waals surface area contributed by atoms with Gasteiger partial charge in [0.25, 0.3) is 0 Å². The summed E-state index contributed by atoms with van der Waals surface area (Å²) in [5.74, 6) is 2.14. The van der Waals surface area contributed by atoms with Crippen molar-refractivity contribution in [1.29, 1.82) is 0 Å². The standard InChI is InChI=1S/C11H19N3O/c1-8-12-9(2)14(13-8)7-11(15)10-5-3-4-6-10/h10-11,15H,3-7H2,1-2H3. The second kappa shape index (κ2) is 4.31. The Balaban J connectivity index is 1.98. The molecule has 1 aliphatic rings. The third kappa shape index (κ3) is 2.37. The summed E-state index contributed by atoms with van der Waals surface area (Å²) >= 11 is 0. The van der Waals surface area contributed by atoms with Crippen LogP contribution in [0.2, 0.25) is 0 Å². The Hall–Kier alpha value is -0.900. The van der Waals surface area contributed by atoms with E-state index in [4.69, 9.17) is 0 Å². The van der Waals surface area contributed by atoms with E-state index in [2.05, 4.69) is 10.1 Å². The predicted octanol–water partition coefficient (Wildman–Crippen LogP) is 1.45. The third-order valence-electron chi connectivity index (χ3n) is 3.27. The van der Waals surface area contributed by atoms with Crippen LogP contribution in [0, 0.1) is 19.8 Å². The van der Waals surface area contributed by atoms with E-state index in [9.17, 15) is 5.11 Å². The lowest BCUT2D eigenvalue weighted by molar-refractivity contribution is 0.0885. The highest BCUT2D eigenvalue weighted by atomic mass is 16.3. The van der Waals surface area contributed by atoms with E-state index in [0.29, 0.717) is 12.5 Å². The summed E-state index contributed by atoms with van der Waals surface area (Å²) in [7, 11) is 0. The summed E-state index contributed by atoms with van der Waals surface area (Å²) in [5.41, 5.74) is 0. The molecule has 1 fully saturated rings. The van der Waals surface area contributed by atoms with Gasteiger partial charge in [0.2, 0.25) is 0 Å². The van der Waals surface area contributed by atoms with Gasteiger partial charge >= 0.3 is 0 Å². The highest BCUT2D eigenvalue weighted by Gasteiger charge is 2.24. The second-order valence-electron chi connectivity index (χ2n) is 4.50. The Morgan fingerprint density at radius 2 is 2.07 bits per heavy atom. The van der Waals surface area contributed by atoms with E-state index < -0.39 is 0 Å². The quantitative estimate of drug-likeness (QED) is 0.819. The molecule has 2 rings (SSSR count). The minimum absolute atomic E-state index is 0.257. The van der Waals surface area contributed by atoms with Gasteiger partial charge in [0.1, 0.15) is 11.6 Å². The molecule has 4 nitrogen and oxygen atoms in total. The van der Waals surface area contributed by atoms with Crippen molar-refractivity contribution in [2.45, 2.75) is 52.2 Å². The lowest BCUT2D eigenvalue weighted by Gasteiger charge is -2.17. The maximum Gasteiger partial charge on any atom is 0.147 e. The van der Waals surface area contributed by atoms with Crippen molar-refractivity contribution in [2.75, 3.05) is 0 Å². The molecule has 0 radical (unpaired) electrons. The highest BCUT2D eigenvalue weighted by molar-refractivity contribution is 4.88. The molecular weight excluding hydrogens is 190 g/mol. The Morgan fingerprint density at radius 1 is 1.40 bits per heavy atom. The van der Waals surface area contributed by atoms with Crippen LogP contribution in [0.25, 0.3) is 0 Å². The molecule has 0 saturated heterocycles. The van der Waals surface area contributed by atoms with Crippen LogP contribution in [-0.4, -0.2) is 26.0 Å². The van der Waals surface area contributed by atoms with E-state index in [1.807, 2.05) is 18.5 Å². The zero-order valence-corrected chi connectivity index (χ0v) is 9.48. The fourth-order valence-electron chi connectivity index (χ4n) is 2.40. The second-order valence-corrected chi connectivity index (χ2v) is 4.50. The molecule has 1 heterocycles. The minimum Gasteiger partial charge on any atom is -0.391 e. The molecule has 1 unspecified atom stereocenters. The van der Waals surface area contributed by atoms with Gasteiger partial charge in [-0.15, -0.1) is 0 Å². The summed E-state index contributed by atoms with van der Waals surface area (Å²) in [6, 6.07) is 0. The maximum atomic E-state index is 10.0. The number of hydrogen-bond acceptors (Lipinski definition) is 3. The molecule has 4 heteroatoms. The first-order chi connectivity index (χ1) is 7.16. The molecule has 0 aromatic carbocycles. The summed E-state index contributed by atoms with van der Waals surface area (Å²) in [4.78, 5) is 4.23. The molecule has 1 atom stereocenters. The Kier molecular flexibility index (Phi) is 3.05. The summed E-state index contributed by atoms with van der Waals surface area (Å²) < 4.78 is 1.82. The normalized spacial score (nSPS) is 19.7. The number of nitrogens with zero attached hydrogens (tertiary/aromatic N) is 3. The zero-order valence-electron chi connectivity index (χ0n) is 9.48. The molecule has 1 saturated carbocycles. The van der Waals surface area contributed by atoms with Gasteiger partial charge in [-0.3, -0.25) is 0 Å². The highest BCUT2D eigenvalue weighted by Crippen LogP contribution is 2.28. The Morgan fingerprint density at radius 3 is 2.60 bits per heavy atom. The summed E-state index contributed by atoms with van der Waals surface area (Å²) in [5, 5.41) is 14.3. The van der Waals surface area contributed by atoms with E-state index in [0.717, 1.165) is 24.5 Å². The number of aryl methyl sites for hydroxylation is 2. The van der Waals surface area contributed by atoms with Gasteiger partial charge in [-0.1, -0.05) is 12.8 Å². The SMILES string of the molecule is Cc1nc(C)n(CC(O)C2CCCC2)n1. The first-order valence-corrected chi connectivity index (χ1v) is 5.73. The molecule has 0 amide bonds. The first kappa shape index (κ1) is 10.6. The van der Waals surface area contributed by atoms with Crippen LogP contribution >= 0.6 is 0 Å². The van der Waals surface area contributed by atoms with Crippen LogP contribution in [-0.2, 0) is 6.54 Å². The van der Waals surface area contributed by atoms with E-state index in [1.165, 1.54) is 12.8 Å². The number of aliphatic hydroxyl groups excluding tert-OH is 1. The smallest absolute Gasteiger partial charge is 0.147 e. The van der Waals surface area contributed by atoms with Gasteiger partial charge in [-0.05, 0) is 32.6 Å². The molecule has 0 bridgehead atoms. The number of hydrogen-bond donors (Lipinski definition) is 1. The van der Waals surface area contributed by atoms with Crippen molar-refractivity contribution in [3.05, 3.63) is 11.6 Å². The number of rotatable bonds is 3. The van der Waals surface area contributed by atoms with Crippen LogP contribution in [0.3, 0.4) is 0 Å². The average Bonchev–Trinajstić information content (AvgIpc) is 2.76. The lowest BCUT2D eigenvalue weighted by Crippen LogP contribution is -2.25. The van der Waals surface area contributed by atoms with Crippen molar-refractivity contribution in [1.82, 2.24) is 14.8 Å². The van der Waals surface area contributed by atoms with Crippen LogP contribution < -0.4 is 0 Å². The fourth-order valence-corrected chi connectivity index (χ4v) is 2.40. The van der Waals surface area contributed by atoms with Gasteiger partial charge in [-0.25, -0.2) is 9.67 Å². The van der Waals surface area contributed by atoms with Crippen molar-refractivity contribution < 1.29 is 5.11 Å². The molecule has 1 N–H and O–H groups in total. The minimum atomic E-state index is -0.257. The first-order valence-electron chi connectivity index (χ1n) is 5.73. The van der Waals surface area contributed by atoms with E-state index in [-0.39, 0.29) is 6.10 Å². The van der Waals surface area contributed by atoms with Crippen molar-refractivity contribution in [3.63, 3.8) is 0 Å². The van der Waals surface area contributed by atoms with Crippen molar-refractivity contribution in [2.24, 2.45) is 5.92 Å². The Bertz CT molecular complexity index is 329. The van der Waals surface area contributed by atoms with Crippen LogP contribution in [0.5, 0.6) is 0 Å². The van der Waals surface area contributed by atoms with Gasteiger partial charge in [0.15, 0.2) is 0 Å². The summed E-state index contributed by atoms with van der Waals surface area (Å²) in [6.07, 6.45) is 4.59. The molecule has 84 valence electrons. The van der Waals surface area contributed by atoms with Crippen LogP contribution in [0.4, 0.5) is 0 Å². The van der Waals surface area contributed by atoms with Crippen molar-refractivity contribution in [3.8, 4) is 0 Å². The van der Waals surface area contributed by atoms with Crippen molar-refractivity contribution >= 4 is 0 Å². The molecule has 1 aliphatic carbocycles. The number of aromatic nitrogens is 3. The van der Waals surface area contributed by atoms with Gasteiger partial charge in [0, 0.05) is 0 Å². The fraction of sp³-hybridized carbons (Fsp3) is 0.818. The molecule has 1 aromatic heterocycles. The van der Waals surface area contributed by atoms with Crippen LogP contribution in [0.1, 0.15) is 37.3 Å². The topological polar surface area (TPSA) is 50.9 Å².